The maximum atomic E-state index is 10.5. The highest BCUT2D eigenvalue weighted by Gasteiger charge is 2.43. The van der Waals surface area contributed by atoms with E-state index >= 15 is 0 Å². The van der Waals surface area contributed by atoms with Crippen molar-refractivity contribution in [2.24, 2.45) is 0 Å². The predicted molar refractivity (Wildman–Crippen MR) is 140 cm³/mol. The molecular weight excluding hydrogens is 420 g/mol. The third-order valence-electron chi connectivity index (χ3n) is 7.12. The number of pyridine rings is 1. The van der Waals surface area contributed by atoms with E-state index in [1.807, 2.05) is 0 Å². The topological polar surface area (TPSA) is 36.7 Å². The first-order valence-corrected chi connectivity index (χ1v) is 13.6. The number of rotatable bonds is 11. The SMILES string of the molecule is CCCCCc1nc2c(c(-c3ccccc3)c1CCCCC)CCC2(C#N)Cc1cccs1. The molecule has 2 aromatic heterocycles. The highest BCUT2D eigenvalue weighted by Crippen LogP contribution is 2.46. The summed E-state index contributed by atoms with van der Waals surface area (Å²) in [5.41, 5.74) is 7.30. The molecule has 4 rings (SSSR count). The molecule has 0 aliphatic heterocycles. The van der Waals surface area contributed by atoms with Crippen LogP contribution in [0.25, 0.3) is 11.1 Å². The Morgan fingerprint density at radius 1 is 0.970 bits per heavy atom. The van der Waals surface area contributed by atoms with Crippen molar-refractivity contribution in [2.75, 3.05) is 0 Å². The van der Waals surface area contributed by atoms with Gasteiger partial charge >= 0.3 is 0 Å². The molecule has 0 N–H and O–H groups in total. The van der Waals surface area contributed by atoms with E-state index < -0.39 is 5.41 Å². The maximum Gasteiger partial charge on any atom is 0.105 e. The molecule has 0 amide bonds. The van der Waals surface area contributed by atoms with Crippen LogP contribution in [0, 0.1) is 11.3 Å². The molecule has 1 aromatic carbocycles. The van der Waals surface area contributed by atoms with E-state index in [0.29, 0.717) is 0 Å². The van der Waals surface area contributed by atoms with E-state index in [2.05, 4.69) is 67.8 Å². The third-order valence-corrected chi connectivity index (χ3v) is 8.00. The first-order valence-electron chi connectivity index (χ1n) is 12.8. The smallest absolute Gasteiger partial charge is 0.105 e. The molecule has 1 atom stereocenters. The van der Waals surface area contributed by atoms with Gasteiger partial charge in [-0.05, 0) is 72.2 Å². The number of fused-ring (bicyclic) bond motifs is 1. The fourth-order valence-corrected chi connectivity index (χ4v) is 6.18. The fraction of sp³-hybridized carbons (Fsp3) is 0.467. The van der Waals surface area contributed by atoms with Crippen molar-refractivity contribution in [3.63, 3.8) is 0 Å². The van der Waals surface area contributed by atoms with Gasteiger partial charge in [-0.1, -0.05) is 75.9 Å². The number of benzene rings is 1. The van der Waals surface area contributed by atoms with Crippen LogP contribution in [-0.2, 0) is 31.1 Å². The highest BCUT2D eigenvalue weighted by molar-refractivity contribution is 7.09. The van der Waals surface area contributed by atoms with Crippen LogP contribution in [0.4, 0.5) is 0 Å². The van der Waals surface area contributed by atoms with Crippen LogP contribution in [0.15, 0.2) is 47.8 Å². The Bertz CT molecular complexity index is 1080. The summed E-state index contributed by atoms with van der Waals surface area (Å²) in [7, 11) is 0. The summed E-state index contributed by atoms with van der Waals surface area (Å²) in [6, 6.07) is 17.9. The van der Waals surface area contributed by atoms with Gasteiger partial charge < -0.3 is 0 Å². The Morgan fingerprint density at radius 3 is 2.39 bits per heavy atom. The van der Waals surface area contributed by atoms with Crippen molar-refractivity contribution in [3.05, 3.63) is 75.2 Å². The lowest BCUT2D eigenvalue weighted by Crippen LogP contribution is -2.25. The number of thiophene rings is 1. The monoisotopic (exact) mass is 456 g/mol. The number of hydrogen-bond acceptors (Lipinski definition) is 3. The first kappa shape index (κ1) is 23.7. The number of nitriles is 1. The Balaban J connectivity index is 1.88. The summed E-state index contributed by atoms with van der Waals surface area (Å²) < 4.78 is 0. The fourth-order valence-electron chi connectivity index (χ4n) is 5.37. The number of aryl methyl sites for hydroxylation is 1. The molecule has 2 heterocycles. The summed E-state index contributed by atoms with van der Waals surface area (Å²) >= 11 is 1.76. The number of nitrogens with zero attached hydrogens (tertiary/aromatic N) is 2. The van der Waals surface area contributed by atoms with Gasteiger partial charge in [0, 0.05) is 17.0 Å². The molecule has 0 saturated heterocycles. The molecule has 0 bridgehead atoms. The van der Waals surface area contributed by atoms with Crippen molar-refractivity contribution in [1.29, 1.82) is 5.26 Å². The van der Waals surface area contributed by atoms with Crippen LogP contribution in [-0.4, -0.2) is 4.98 Å². The van der Waals surface area contributed by atoms with Crippen LogP contribution < -0.4 is 0 Å². The second-order valence-corrected chi connectivity index (χ2v) is 10.5. The second kappa shape index (κ2) is 11.1. The van der Waals surface area contributed by atoms with Crippen molar-refractivity contribution >= 4 is 11.3 Å². The average Bonchev–Trinajstić information content (AvgIpc) is 3.48. The molecule has 0 radical (unpaired) electrons. The summed E-state index contributed by atoms with van der Waals surface area (Å²) in [5.74, 6) is 0. The third kappa shape index (κ3) is 5.07. The molecule has 2 nitrogen and oxygen atoms in total. The zero-order valence-electron chi connectivity index (χ0n) is 20.2. The second-order valence-electron chi connectivity index (χ2n) is 9.47. The molecule has 3 heteroatoms. The summed E-state index contributed by atoms with van der Waals surface area (Å²) in [4.78, 5) is 6.66. The Labute approximate surface area is 203 Å². The van der Waals surface area contributed by atoms with Gasteiger partial charge in [0.15, 0.2) is 0 Å². The summed E-state index contributed by atoms with van der Waals surface area (Å²) in [6.45, 7) is 4.53. The van der Waals surface area contributed by atoms with Gasteiger partial charge in [0.2, 0.25) is 0 Å². The molecule has 1 aliphatic carbocycles. The minimum atomic E-state index is -0.509. The number of aromatic nitrogens is 1. The molecule has 172 valence electrons. The molecule has 3 aromatic rings. The van der Waals surface area contributed by atoms with E-state index in [4.69, 9.17) is 4.98 Å². The average molecular weight is 457 g/mol. The van der Waals surface area contributed by atoms with Crippen LogP contribution >= 0.6 is 11.3 Å². The van der Waals surface area contributed by atoms with Gasteiger partial charge in [-0.2, -0.15) is 5.26 Å². The van der Waals surface area contributed by atoms with E-state index in [1.165, 1.54) is 71.3 Å². The zero-order chi connectivity index (χ0) is 23.1. The van der Waals surface area contributed by atoms with E-state index in [0.717, 1.165) is 37.8 Å². The molecule has 1 unspecified atom stereocenters. The maximum absolute atomic E-state index is 10.5. The van der Waals surface area contributed by atoms with Gasteiger partial charge in [-0.3, -0.25) is 4.98 Å². The molecule has 0 fully saturated rings. The molecule has 0 spiro atoms. The largest absolute Gasteiger partial charge is 0.256 e. The van der Waals surface area contributed by atoms with Crippen LogP contribution in [0.2, 0.25) is 0 Å². The summed E-state index contributed by atoms with van der Waals surface area (Å²) in [5, 5.41) is 12.6. The van der Waals surface area contributed by atoms with Gasteiger partial charge in [0.25, 0.3) is 0 Å². The van der Waals surface area contributed by atoms with Gasteiger partial charge in [-0.25, -0.2) is 0 Å². The van der Waals surface area contributed by atoms with Crippen molar-refractivity contribution in [3.8, 4) is 17.2 Å². The summed E-state index contributed by atoms with van der Waals surface area (Å²) in [6.07, 6.45) is 12.0. The predicted octanol–water partition coefficient (Wildman–Crippen LogP) is 8.23. The van der Waals surface area contributed by atoms with E-state index in [-0.39, 0.29) is 0 Å². The normalized spacial score (nSPS) is 17.1. The van der Waals surface area contributed by atoms with Crippen molar-refractivity contribution < 1.29 is 0 Å². The van der Waals surface area contributed by atoms with Gasteiger partial charge in [0.1, 0.15) is 5.41 Å². The van der Waals surface area contributed by atoms with E-state index in [1.54, 1.807) is 11.3 Å². The van der Waals surface area contributed by atoms with Crippen molar-refractivity contribution in [1.82, 2.24) is 4.98 Å². The molecule has 0 saturated carbocycles. The Hall–Kier alpha value is -2.44. The standard InChI is InChI=1S/C30H36N2S/c1-3-5-8-16-25-27(17-9-6-4-2)32-29-26(28(25)23-13-10-7-11-14-23)18-19-30(29,22-31)21-24-15-12-20-33-24/h7,10-15,20H,3-6,8-9,16-19,21H2,1-2H3. The first-order chi connectivity index (χ1) is 16.2. The lowest BCUT2D eigenvalue weighted by molar-refractivity contribution is 0.530. The Kier molecular flexibility index (Phi) is 7.99. The molecular formula is C30H36N2S. The molecule has 1 aliphatic rings. The van der Waals surface area contributed by atoms with Crippen LogP contribution in [0.5, 0.6) is 0 Å². The lowest BCUT2D eigenvalue weighted by Gasteiger charge is -2.24. The quantitative estimate of drug-likeness (QED) is 0.272. The minimum absolute atomic E-state index is 0.509. The van der Waals surface area contributed by atoms with Gasteiger partial charge in [-0.15, -0.1) is 11.3 Å². The van der Waals surface area contributed by atoms with Gasteiger partial charge in [0.05, 0.1) is 11.8 Å². The Morgan fingerprint density at radius 2 is 1.73 bits per heavy atom. The van der Waals surface area contributed by atoms with E-state index in [9.17, 15) is 5.26 Å². The highest BCUT2D eigenvalue weighted by atomic mass is 32.1. The van der Waals surface area contributed by atoms with Crippen LogP contribution in [0.3, 0.4) is 0 Å². The number of unbranched alkanes of at least 4 members (excludes halogenated alkanes) is 4. The van der Waals surface area contributed by atoms with Crippen LogP contribution in [0.1, 0.15) is 86.2 Å². The zero-order valence-corrected chi connectivity index (χ0v) is 21.0. The minimum Gasteiger partial charge on any atom is -0.256 e. The number of hydrogen-bond donors (Lipinski definition) is 0. The lowest BCUT2D eigenvalue weighted by atomic mass is 9.81. The molecule has 33 heavy (non-hydrogen) atoms. The van der Waals surface area contributed by atoms with Crippen molar-refractivity contribution in [2.45, 2.75) is 89.9 Å².